The molecule has 1 aromatic heterocycles. The van der Waals surface area contributed by atoms with E-state index in [1.54, 1.807) is 11.0 Å². The number of carbonyl (C=O) groups is 1. The normalized spacial score (nSPS) is 10.4. The maximum atomic E-state index is 12.3. The molecule has 0 aliphatic carbocycles. The van der Waals surface area contributed by atoms with Crippen LogP contribution in [0.2, 0.25) is 0 Å². The average molecular weight is 257 g/mol. The van der Waals surface area contributed by atoms with Gasteiger partial charge in [-0.3, -0.25) is 4.79 Å². The van der Waals surface area contributed by atoms with Crippen LogP contribution in [0.3, 0.4) is 0 Å². The maximum absolute atomic E-state index is 12.3. The van der Waals surface area contributed by atoms with Crippen LogP contribution in [0, 0.1) is 0 Å². The van der Waals surface area contributed by atoms with E-state index in [1.165, 1.54) is 0 Å². The minimum absolute atomic E-state index is 0.0500. The Bertz CT molecular complexity index is 531. The molecule has 0 atom stereocenters. The summed E-state index contributed by atoms with van der Waals surface area (Å²) >= 11 is 0. The molecule has 19 heavy (non-hydrogen) atoms. The summed E-state index contributed by atoms with van der Waals surface area (Å²) in [6.45, 7) is 5.26. The van der Waals surface area contributed by atoms with E-state index in [1.807, 2.05) is 50.2 Å². The lowest BCUT2D eigenvalue weighted by Gasteiger charge is -2.19. The highest BCUT2D eigenvalue weighted by Crippen LogP contribution is 2.13. The highest BCUT2D eigenvalue weighted by atomic mass is 16.4. The Morgan fingerprint density at radius 2 is 1.84 bits per heavy atom. The standard InChI is InChI=1S/C16H19NO2/c1-3-14-10-11-15(19-14)16(18)17(4-2)12-13-8-6-5-7-9-13/h5-11H,3-4,12H2,1-2H3. The van der Waals surface area contributed by atoms with Crippen LogP contribution >= 0.6 is 0 Å². The molecule has 0 saturated heterocycles. The molecule has 2 aromatic rings. The summed E-state index contributed by atoms with van der Waals surface area (Å²) in [6.07, 6.45) is 0.804. The molecule has 100 valence electrons. The number of aryl methyl sites for hydroxylation is 1. The number of furan rings is 1. The summed E-state index contributed by atoms with van der Waals surface area (Å²) in [5.74, 6) is 1.22. The van der Waals surface area contributed by atoms with Gasteiger partial charge in [0.25, 0.3) is 5.91 Å². The Morgan fingerprint density at radius 1 is 1.11 bits per heavy atom. The zero-order valence-electron chi connectivity index (χ0n) is 11.4. The van der Waals surface area contributed by atoms with Crippen LogP contribution in [-0.4, -0.2) is 17.4 Å². The van der Waals surface area contributed by atoms with E-state index in [2.05, 4.69) is 0 Å². The van der Waals surface area contributed by atoms with Crippen molar-refractivity contribution in [2.45, 2.75) is 26.8 Å². The average Bonchev–Trinajstić information content (AvgIpc) is 2.94. The highest BCUT2D eigenvalue weighted by Gasteiger charge is 2.17. The maximum Gasteiger partial charge on any atom is 0.289 e. The number of benzene rings is 1. The van der Waals surface area contributed by atoms with E-state index < -0.39 is 0 Å². The van der Waals surface area contributed by atoms with Crippen molar-refractivity contribution in [2.24, 2.45) is 0 Å². The fourth-order valence-corrected chi connectivity index (χ4v) is 1.97. The molecule has 3 nitrogen and oxygen atoms in total. The molecule has 0 aliphatic heterocycles. The van der Waals surface area contributed by atoms with E-state index in [-0.39, 0.29) is 5.91 Å². The molecule has 0 unspecified atom stereocenters. The van der Waals surface area contributed by atoms with Gasteiger partial charge in [-0.1, -0.05) is 37.3 Å². The van der Waals surface area contributed by atoms with Gasteiger partial charge in [0.1, 0.15) is 5.76 Å². The Hall–Kier alpha value is -2.03. The number of rotatable bonds is 5. The van der Waals surface area contributed by atoms with E-state index in [0.717, 1.165) is 17.7 Å². The van der Waals surface area contributed by atoms with Gasteiger partial charge in [-0.15, -0.1) is 0 Å². The van der Waals surface area contributed by atoms with E-state index in [4.69, 9.17) is 4.42 Å². The van der Waals surface area contributed by atoms with Gasteiger partial charge in [-0.05, 0) is 24.6 Å². The molecule has 1 aromatic carbocycles. The van der Waals surface area contributed by atoms with Crippen molar-refractivity contribution in [3.8, 4) is 0 Å². The largest absolute Gasteiger partial charge is 0.456 e. The van der Waals surface area contributed by atoms with Gasteiger partial charge in [0.05, 0.1) is 0 Å². The van der Waals surface area contributed by atoms with Crippen LogP contribution in [0.4, 0.5) is 0 Å². The first-order chi connectivity index (χ1) is 9.24. The molecular weight excluding hydrogens is 238 g/mol. The highest BCUT2D eigenvalue weighted by molar-refractivity contribution is 5.91. The number of carbonyl (C=O) groups excluding carboxylic acids is 1. The quantitative estimate of drug-likeness (QED) is 0.821. The van der Waals surface area contributed by atoms with E-state index in [0.29, 0.717) is 18.8 Å². The molecule has 0 fully saturated rings. The van der Waals surface area contributed by atoms with Crippen molar-refractivity contribution < 1.29 is 9.21 Å². The lowest BCUT2D eigenvalue weighted by atomic mass is 10.2. The molecule has 0 radical (unpaired) electrons. The van der Waals surface area contributed by atoms with Gasteiger partial charge < -0.3 is 9.32 Å². The topological polar surface area (TPSA) is 33.5 Å². The van der Waals surface area contributed by atoms with Gasteiger partial charge >= 0.3 is 0 Å². The van der Waals surface area contributed by atoms with Gasteiger partial charge in [-0.25, -0.2) is 0 Å². The van der Waals surface area contributed by atoms with Crippen LogP contribution in [0.15, 0.2) is 46.9 Å². The van der Waals surface area contributed by atoms with Crippen molar-refractivity contribution in [1.82, 2.24) is 4.90 Å². The van der Waals surface area contributed by atoms with Crippen molar-refractivity contribution >= 4 is 5.91 Å². The Morgan fingerprint density at radius 3 is 2.42 bits per heavy atom. The summed E-state index contributed by atoms with van der Waals surface area (Å²) in [5, 5.41) is 0. The zero-order valence-corrected chi connectivity index (χ0v) is 11.4. The second kappa shape index (κ2) is 6.23. The van der Waals surface area contributed by atoms with Crippen LogP contribution in [0.25, 0.3) is 0 Å². The van der Waals surface area contributed by atoms with Gasteiger partial charge in [-0.2, -0.15) is 0 Å². The van der Waals surface area contributed by atoms with Crippen molar-refractivity contribution in [3.63, 3.8) is 0 Å². The molecule has 0 spiro atoms. The predicted octanol–water partition coefficient (Wildman–Crippen LogP) is 3.50. The Kier molecular flexibility index (Phi) is 4.39. The number of amides is 1. The molecular formula is C16H19NO2. The van der Waals surface area contributed by atoms with Crippen molar-refractivity contribution in [2.75, 3.05) is 6.54 Å². The van der Waals surface area contributed by atoms with Gasteiger partial charge in [0.2, 0.25) is 0 Å². The number of hydrogen-bond acceptors (Lipinski definition) is 2. The third-order valence-electron chi connectivity index (χ3n) is 3.11. The molecule has 0 bridgehead atoms. The summed E-state index contributed by atoms with van der Waals surface area (Å²) in [4.78, 5) is 14.1. The van der Waals surface area contributed by atoms with Crippen LogP contribution < -0.4 is 0 Å². The number of nitrogens with zero attached hydrogens (tertiary/aromatic N) is 1. The van der Waals surface area contributed by atoms with Crippen LogP contribution in [-0.2, 0) is 13.0 Å². The number of hydrogen-bond donors (Lipinski definition) is 0. The first-order valence-electron chi connectivity index (χ1n) is 6.66. The predicted molar refractivity (Wildman–Crippen MR) is 74.9 cm³/mol. The first-order valence-corrected chi connectivity index (χ1v) is 6.66. The first kappa shape index (κ1) is 13.4. The Balaban J connectivity index is 2.11. The Labute approximate surface area is 113 Å². The third kappa shape index (κ3) is 3.25. The van der Waals surface area contributed by atoms with Gasteiger partial charge in [0, 0.05) is 19.5 Å². The second-order valence-corrected chi connectivity index (χ2v) is 4.42. The van der Waals surface area contributed by atoms with E-state index >= 15 is 0 Å². The lowest BCUT2D eigenvalue weighted by Crippen LogP contribution is -2.29. The molecule has 1 heterocycles. The van der Waals surface area contributed by atoms with Crippen molar-refractivity contribution in [1.29, 1.82) is 0 Å². The molecule has 0 saturated carbocycles. The fraction of sp³-hybridized carbons (Fsp3) is 0.312. The minimum atomic E-state index is -0.0500. The fourth-order valence-electron chi connectivity index (χ4n) is 1.97. The molecule has 0 aliphatic rings. The molecule has 1 amide bonds. The summed E-state index contributed by atoms with van der Waals surface area (Å²) in [5.41, 5.74) is 1.12. The summed E-state index contributed by atoms with van der Waals surface area (Å²) < 4.78 is 5.52. The summed E-state index contributed by atoms with van der Waals surface area (Å²) in [6, 6.07) is 13.6. The molecule has 2 rings (SSSR count). The molecule has 0 N–H and O–H groups in total. The smallest absolute Gasteiger partial charge is 0.289 e. The van der Waals surface area contributed by atoms with E-state index in [9.17, 15) is 4.79 Å². The van der Waals surface area contributed by atoms with Crippen LogP contribution in [0.1, 0.15) is 35.7 Å². The third-order valence-corrected chi connectivity index (χ3v) is 3.11. The lowest BCUT2D eigenvalue weighted by molar-refractivity contribution is 0.0718. The molecule has 3 heteroatoms. The minimum Gasteiger partial charge on any atom is -0.456 e. The van der Waals surface area contributed by atoms with Crippen LogP contribution in [0.5, 0.6) is 0 Å². The monoisotopic (exact) mass is 257 g/mol. The summed E-state index contributed by atoms with van der Waals surface area (Å²) in [7, 11) is 0. The van der Waals surface area contributed by atoms with Crippen molar-refractivity contribution in [3.05, 3.63) is 59.5 Å². The SMILES string of the molecule is CCc1ccc(C(=O)N(CC)Cc2ccccc2)o1. The van der Waals surface area contributed by atoms with Gasteiger partial charge in [0.15, 0.2) is 5.76 Å². The second-order valence-electron chi connectivity index (χ2n) is 4.42. The zero-order chi connectivity index (χ0) is 13.7.